The van der Waals surface area contributed by atoms with Crippen molar-refractivity contribution in [3.8, 4) is 0 Å². The highest BCUT2D eigenvalue weighted by Gasteiger charge is 2.31. The number of hydrogen-bond acceptors (Lipinski definition) is 6. The maximum atomic E-state index is 12.8. The number of likely N-dealkylation sites (N-methyl/N-ethyl adjacent to an activating group) is 1. The van der Waals surface area contributed by atoms with E-state index in [-0.39, 0.29) is 32.0 Å². The molecule has 9 nitrogen and oxygen atoms in total. The van der Waals surface area contributed by atoms with Crippen LogP contribution in [0.25, 0.3) is 0 Å². The molecule has 0 aromatic rings. The van der Waals surface area contributed by atoms with Crippen LogP contribution in [-0.2, 0) is 28.2 Å². The lowest BCUT2D eigenvalue weighted by Crippen LogP contribution is -2.44. The number of carbonyl (C=O) groups excluding carboxylic acids is 2. The van der Waals surface area contributed by atoms with Crippen molar-refractivity contribution in [1.29, 1.82) is 0 Å². The van der Waals surface area contributed by atoms with E-state index in [9.17, 15) is 23.9 Å². The van der Waals surface area contributed by atoms with Crippen molar-refractivity contribution in [3.05, 3.63) is 12.2 Å². The molecule has 0 radical (unpaired) electrons. The quantitative estimate of drug-likeness (QED) is 0.0210. The molecule has 1 unspecified atom stereocenters. The van der Waals surface area contributed by atoms with Crippen molar-refractivity contribution in [3.63, 3.8) is 0 Å². The van der Waals surface area contributed by atoms with E-state index in [2.05, 4.69) is 26.0 Å². The summed E-state index contributed by atoms with van der Waals surface area (Å²) in [4.78, 5) is 44.5. The Morgan fingerprint density at radius 2 is 0.962 bits per heavy atom. The van der Waals surface area contributed by atoms with Gasteiger partial charge in [0.05, 0.1) is 21.1 Å². The van der Waals surface area contributed by atoms with Gasteiger partial charge in [-0.05, 0) is 38.5 Å². The highest BCUT2D eigenvalue weighted by Crippen LogP contribution is 2.39. The zero-order valence-corrected chi connectivity index (χ0v) is 35.4. The Morgan fingerprint density at radius 3 is 1.37 bits per heavy atom. The first kappa shape index (κ1) is 50.8. The van der Waals surface area contributed by atoms with Crippen LogP contribution < -0.4 is 0 Å². The average Bonchev–Trinajstić information content (AvgIpc) is 3.06. The SMILES string of the molecule is CCCCCCCC/C=C\CCCCCCCC(=O)O[C@@H](COC(=O)CCCCCCCCCCCCCCC)CC(C[N+](C)(C)C)OP(=O)(O)O. The molecule has 0 amide bonds. The highest BCUT2D eigenvalue weighted by molar-refractivity contribution is 7.46. The molecule has 0 saturated carbocycles. The number of nitrogens with zero attached hydrogens (tertiary/aromatic N) is 1. The molecule has 0 aliphatic rings. The number of phosphoric ester groups is 1. The second-order valence-corrected chi connectivity index (χ2v) is 17.2. The molecule has 0 aromatic carbocycles. The fourth-order valence-corrected chi connectivity index (χ4v) is 7.07. The molecule has 2 N–H and O–H groups in total. The maximum absolute atomic E-state index is 12.8. The van der Waals surface area contributed by atoms with Crippen molar-refractivity contribution in [2.75, 3.05) is 34.3 Å². The zero-order valence-electron chi connectivity index (χ0n) is 34.5. The number of carbonyl (C=O) groups is 2. The molecule has 0 aliphatic heterocycles. The smallest absolute Gasteiger partial charge is 0.462 e. The standard InChI is InChI=1S/C42H82NO8P/c1-6-8-10-12-14-16-18-20-21-23-25-27-29-31-33-35-42(45)50-40(36-39(37-43(3,4)5)51-52(46,47)48)38-49-41(44)34-32-30-28-26-24-22-19-17-15-13-11-9-7-2/h20-21,39-40H,6-19,22-38H2,1-5H3,(H-,46,47,48)/p+1/b21-20-/t39?,40-/m1/s1. The van der Waals surface area contributed by atoms with Crippen molar-refractivity contribution < 1.29 is 42.4 Å². The first-order valence-corrected chi connectivity index (χ1v) is 22.9. The van der Waals surface area contributed by atoms with Gasteiger partial charge in [0.2, 0.25) is 0 Å². The lowest BCUT2D eigenvalue weighted by molar-refractivity contribution is -0.873. The minimum atomic E-state index is -4.78. The van der Waals surface area contributed by atoms with Gasteiger partial charge < -0.3 is 23.7 Å². The molecule has 308 valence electrons. The van der Waals surface area contributed by atoms with Crippen molar-refractivity contribution in [2.45, 2.75) is 212 Å². The Kier molecular flexibility index (Phi) is 33.4. The van der Waals surface area contributed by atoms with E-state index >= 15 is 0 Å². The third kappa shape index (κ3) is 38.5. The summed E-state index contributed by atoms with van der Waals surface area (Å²) in [5, 5.41) is 0. The molecule has 0 saturated heterocycles. The van der Waals surface area contributed by atoms with Crippen molar-refractivity contribution >= 4 is 19.8 Å². The summed E-state index contributed by atoms with van der Waals surface area (Å²) in [7, 11) is 0.882. The third-order valence-corrected chi connectivity index (χ3v) is 9.99. The van der Waals surface area contributed by atoms with E-state index in [1.165, 1.54) is 109 Å². The molecular formula is C42H83NO8P+. The van der Waals surface area contributed by atoms with Gasteiger partial charge in [0.15, 0.2) is 0 Å². The summed E-state index contributed by atoms with van der Waals surface area (Å²) in [6.07, 6.45) is 34.6. The predicted molar refractivity (Wildman–Crippen MR) is 215 cm³/mol. The van der Waals surface area contributed by atoms with E-state index in [0.717, 1.165) is 51.4 Å². The van der Waals surface area contributed by atoms with E-state index in [1.54, 1.807) is 0 Å². The second kappa shape index (κ2) is 34.3. The zero-order chi connectivity index (χ0) is 38.8. The number of phosphoric acid groups is 1. The Morgan fingerprint density at radius 1 is 0.577 bits per heavy atom. The molecule has 2 atom stereocenters. The van der Waals surface area contributed by atoms with Gasteiger partial charge in [-0.15, -0.1) is 0 Å². The third-order valence-electron chi connectivity index (χ3n) is 9.42. The van der Waals surface area contributed by atoms with Gasteiger partial charge in [0.25, 0.3) is 0 Å². The van der Waals surface area contributed by atoms with Crippen LogP contribution in [-0.4, -0.2) is 72.7 Å². The number of rotatable bonds is 38. The Labute approximate surface area is 320 Å². The molecule has 52 heavy (non-hydrogen) atoms. The lowest BCUT2D eigenvalue weighted by Gasteiger charge is -2.31. The van der Waals surface area contributed by atoms with E-state index in [1.807, 2.05) is 21.1 Å². The van der Waals surface area contributed by atoms with Crippen LogP contribution in [0, 0.1) is 0 Å². The number of esters is 2. The molecule has 0 aliphatic carbocycles. The molecule has 0 rings (SSSR count). The second-order valence-electron chi connectivity index (χ2n) is 16.0. The van der Waals surface area contributed by atoms with Gasteiger partial charge in [-0.25, -0.2) is 4.57 Å². The summed E-state index contributed by atoms with van der Waals surface area (Å²) in [5.74, 6) is -0.740. The number of quaternary nitrogens is 1. The topological polar surface area (TPSA) is 119 Å². The normalized spacial score (nSPS) is 13.4. The van der Waals surface area contributed by atoms with Crippen LogP contribution in [0.15, 0.2) is 12.2 Å². The fraction of sp³-hybridized carbons (Fsp3) is 0.905. The number of hydrogen-bond donors (Lipinski definition) is 2. The molecule has 0 spiro atoms. The van der Waals surface area contributed by atoms with Gasteiger partial charge in [-0.3, -0.25) is 14.1 Å². The first-order valence-electron chi connectivity index (χ1n) is 21.4. The van der Waals surface area contributed by atoms with Gasteiger partial charge in [0, 0.05) is 19.3 Å². The molecule has 0 aromatic heterocycles. The minimum Gasteiger partial charge on any atom is -0.462 e. The van der Waals surface area contributed by atoms with Crippen LogP contribution >= 0.6 is 7.82 Å². The predicted octanol–water partition coefficient (Wildman–Crippen LogP) is 11.5. The molecule has 0 heterocycles. The fourth-order valence-electron chi connectivity index (χ4n) is 6.53. The maximum Gasteiger partial charge on any atom is 0.470 e. The largest absolute Gasteiger partial charge is 0.470 e. The van der Waals surface area contributed by atoms with E-state index in [0.29, 0.717) is 17.3 Å². The minimum absolute atomic E-state index is 0.0186. The molecule has 0 bridgehead atoms. The highest BCUT2D eigenvalue weighted by atomic mass is 31.2. The van der Waals surface area contributed by atoms with Gasteiger partial charge >= 0.3 is 19.8 Å². The molecule has 0 fully saturated rings. The molecule has 10 heteroatoms. The summed E-state index contributed by atoms with van der Waals surface area (Å²) in [6, 6.07) is 0. The molecular weight excluding hydrogens is 677 g/mol. The van der Waals surface area contributed by atoms with Crippen molar-refractivity contribution in [2.24, 2.45) is 0 Å². The van der Waals surface area contributed by atoms with Crippen LogP contribution in [0.3, 0.4) is 0 Å². The summed E-state index contributed by atoms with van der Waals surface area (Å²) >= 11 is 0. The van der Waals surface area contributed by atoms with Gasteiger partial charge in [0.1, 0.15) is 25.4 Å². The van der Waals surface area contributed by atoms with Crippen LogP contribution in [0.5, 0.6) is 0 Å². The lowest BCUT2D eigenvalue weighted by atomic mass is 10.0. The van der Waals surface area contributed by atoms with Crippen LogP contribution in [0.4, 0.5) is 0 Å². The van der Waals surface area contributed by atoms with Crippen LogP contribution in [0.1, 0.15) is 200 Å². The summed E-state index contributed by atoms with van der Waals surface area (Å²) in [6.45, 7) is 4.62. The van der Waals surface area contributed by atoms with Crippen molar-refractivity contribution in [1.82, 2.24) is 0 Å². The van der Waals surface area contributed by atoms with E-state index in [4.69, 9.17) is 14.0 Å². The Hall–Kier alpha value is -1.25. The first-order chi connectivity index (χ1) is 24.9. The number of ether oxygens (including phenoxy) is 2. The van der Waals surface area contributed by atoms with Crippen LogP contribution in [0.2, 0.25) is 0 Å². The van der Waals surface area contributed by atoms with Gasteiger partial charge in [-0.2, -0.15) is 0 Å². The van der Waals surface area contributed by atoms with Gasteiger partial charge in [-0.1, -0.05) is 154 Å². The number of unbranched alkanes of at least 4 members (excludes halogenated alkanes) is 23. The average molecular weight is 761 g/mol. The monoisotopic (exact) mass is 761 g/mol. The van der Waals surface area contributed by atoms with E-state index < -0.39 is 26.0 Å². The Balaban J connectivity index is 4.53. The Bertz CT molecular complexity index is 916. The number of allylic oxidation sites excluding steroid dienone is 2. The summed E-state index contributed by atoms with van der Waals surface area (Å²) < 4.78 is 28.5. The summed E-state index contributed by atoms with van der Waals surface area (Å²) in [5.41, 5.74) is 0.